The number of cyclic esters (lactones) is 1. The normalized spacial score (nSPS) is 19.5. The monoisotopic (exact) mass is 324 g/mol. The highest BCUT2D eigenvalue weighted by molar-refractivity contribution is 5.88. The molecule has 24 heavy (non-hydrogen) atoms. The molecule has 1 fully saturated rings. The smallest absolute Gasteiger partial charge is 0.408 e. The molecule has 2 unspecified atom stereocenters. The maximum absolute atomic E-state index is 12.1. The first-order chi connectivity index (χ1) is 11.6. The van der Waals surface area contributed by atoms with Gasteiger partial charge < -0.3 is 15.4 Å². The molecule has 124 valence electrons. The predicted octanol–water partition coefficient (Wildman–Crippen LogP) is 2.51. The van der Waals surface area contributed by atoms with E-state index in [0.717, 1.165) is 17.5 Å². The summed E-state index contributed by atoms with van der Waals surface area (Å²) >= 11 is 0. The zero-order valence-electron chi connectivity index (χ0n) is 13.5. The van der Waals surface area contributed by atoms with Crippen molar-refractivity contribution in [3.8, 4) is 11.1 Å². The molecule has 0 saturated carbocycles. The minimum atomic E-state index is -0.617. The lowest BCUT2D eigenvalue weighted by Gasteiger charge is -2.13. The largest absolute Gasteiger partial charge is 0.444 e. The Bertz CT molecular complexity index is 730. The van der Waals surface area contributed by atoms with E-state index in [4.69, 9.17) is 4.74 Å². The summed E-state index contributed by atoms with van der Waals surface area (Å²) in [6.07, 6.45) is -0.264. The van der Waals surface area contributed by atoms with E-state index in [1.807, 2.05) is 30.3 Å². The maximum Gasteiger partial charge on any atom is 0.408 e. The van der Waals surface area contributed by atoms with Crippen LogP contribution in [-0.2, 0) is 16.0 Å². The molecule has 0 aliphatic carbocycles. The molecule has 0 bridgehead atoms. The Kier molecular flexibility index (Phi) is 4.79. The lowest BCUT2D eigenvalue weighted by atomic mass is 10.0. The first-order valence-electron chi connectivity index (χ1n) is 8.03. The number of carbonyl (C=O) groups is 2. The summed E-state index contributed by atoms with van der Waals surface area (Å²) in [7, 11) is 0. The number of rotatable bonds is 5. The third-order valence-electron chi connectivity index (χ3n) is 4.07. The number of hydrogen-bond donors (Lipinski definition) is 2. The van der Waals surface area contributed by atoms with Crippen LogP contribution in [0.1, 0.15) is 12.5 Å². The molecule has 2 aromatic carbocycles. The number of carbonyl (C=O) groups excluding carboxylic acids is 2. The number of hydrogen-bond acceptors (Lipinski definition) is 3. The summed E-state index contributed by atoms with van der Waals surface area (Å²) < 4.78 is 4.91. The van der Waals surface area contributed by atoms with Crippen molar-refractivity contribution < 1.29 is 14.3 Å². The van der Waals surface area contributed by atoms with Gasteiger partial charge in [0.25, 0.3) is 0 Å². The van der Waals surface area contributed by atoms with Crippen molar-refractivity contribution in [1.29, 1.82) is 0 Å². The first-order valence-corrected chi connectivity index (χ1v) is 8.03. The number of alkyl carbamates (subject to hydrolysis) is 1. The fraction of sp³-hybridized carbons (Fsp3) is 0.263. The van der Waals surface area contributed by atoms with Crippen molar-refractivity contribution in [3.05, 3.63) is 60.2 Å². The van der Waals surface area contributed by atoms with E-state index in [-0.39, 0.29) is 5.91 Å². The van der Waals surface area contributed by atoms with Gasteiger partial charge in [0.1, 0.15) is 12.1 Å². The molecule has 2 aromatic rings. The van der Waals surface area contributed by atoms with Crippen LogP contribution in [0.5, 0.6) is 0 Å². The Morgan fingerprint density at radius 2 is 1.88 bits per heavy atom. The third-order valence-corrected chi connectivity index (χ3v) is 4.07. The molecule has 1 aliphatic rings. The highest BCUT2D eigenvalue weighted by Crippen LogP contribution is 2.20. The molecule has 1 saturated heterocycles. The molecule has 1 heterocycles. The molecular formula is C19H20N2O3. The number of nitrogens with one attached hydrogen (secondary N) is 2. The van der Waals surface area contributed by atoms with Crippen molar-refractivity contribution in [2.45, 2.75) is 25.5 Å². The van der Waals surface area contributed by atoms with Crippen molar-refractivity contribution >= 4 is 12.0 Å². The molecule has 1 aliphatic heterocycles. The first kappa shape index (κ1) is 16.1. The highest BCUT2D eigenvalue weighted by atomic mass is 16.6. The van der Waals surface area contributed by atoms with Gasteiger partial charge in [-0.15, -0.1) is 0 Å². The van der Waals surface area contributed by atoms with Gasteiger partial charge in [-0.3, -0.25) is 4.79 Å². The lowest BCUT2D eigenvalue weighted by molar-refractivity contribution is -0.123. The van der Waals surface area contributed by atoms with Crippen LogP contribution >= 0.6 is 0 Å². The van der Waals surface area contributed by atoms with Crippen molar-refractivity contribution in [3.63, 3.8) is 0 Å². The molecule has 5 heteroatoms. The van der Waals surface area contributed by atoms with Crippen molar-refractivity contribution in [1.82, 2.24) is 10.6 Å². The fourth-order valence-electron chi connectivity index (χ4n) is 2.77. The molecule has 2 atom stereocenters. The van der Waals surface area contributed by atoms with Gasteiger partial charge in [-0.2, -0.15) is 0 Å². The fourth-order valence-corrected chi connectivity index (χ4v) is 2.77. The van der Waals surface area contributed by atoms with Gasteiger partial charge in [0.05, 0.1) is 0 Å². The Morgan fingerprint density at radius 3 is 2.58 bits per heavy atom. The lowest BCUT2D eigenvalue weighted by Crippen LogP contribution is -2.46. The van der Waals surface area contributed by atoms with E-state index < -0.39 is 18.2 Å². The van der Waals surface area contributed by atoms with Gasteiger partial charge in [0.15, 0.2) is 0 Å². The van der Waals surface area contributed by atoms with Gasteiger partial charge in [0.2, 0.25) is 5.91 Å². The maximum atomic E-state index is 12.1. The molecule has 2 N–H and O–H groups in total. The van der Waals surface area contributed by atoms with Crippen molar-refractivity contribution in [2.75, 3.05) is 6.54 Å². The number of amides is 2. The second kappa shape index (κ2) is 7.17. The molecule has 2 amide bonds. The Hall–Kier alpha value is -2.82. The zero-order valence-corrected chi connectivity index (χ0v) is 13.5. The Morgan fingerprint density at radius 1 is 1.12 bits per heavy atom. The van der Waals surface area contributed by atoms with E-state index >= 15 is 0 Å². The number of benzene rings is 2. The van der Waals surface area contributed by atoms with E-state index in [1.54, 1.807) is 6.92 Å². The van der Waals surface area contributed by atoms with Crippen LogP contribution in [0.15, 0.2) is 54.6 Å². The number of ether oxygens (including phenoxy) is 1. The van der Waals surface area contributed by atoms with E-state index in [0.29, 0.717) is 6.54 Å². The van der Waals surface area contributed by atoms with Crippen LogP contribution < -0.4 is 10.6 Å². The summed E-state index contributed by atoms with van der Waals surface area (Å²) in [5.74, 6) is -0.215. The van der Waals surface area contributed by atoms with Gasteiger partial charge in [-0.25, -0.2) is 4.79 Å². The SMILES string of the molecule is CC1OC(=O)NC1C(=O)NCCc1cccc(-c2ccccc2)c1. The van der Waals surface area contributed by atoms with Crippen LogP contribution in [0, 0.1) is 0 Å². The van der Waals surface area contributed by atoms with Gasteiger partial charge in [-0.05, 0) is 30.0 Å². The van der Waals surface area contributed by atoms with Crippen LogP contribution in [0.25, 0.3) is 11.1 Å². The molecular weight excluding hydrogens is 304 g/mol. The average Bonchev–Trinajstić information content (AvgIpc) is 2.94. The average molecular weight is 324 g/mol. The third kappa shape index (κ3) is 3.74. The second-order valence-corrected chi connectivity index (χ2v) is 5.84. The van der Waals surface area contributed by atoms with Gasteiger partial charge in [0, 0.05) is 6.54 Å². The van der Waals surface area contributed by atoms with Crippen LogP contribution in [0.3, 0.4) is 0 Å². The van der Waals surface area contributed by atoms with E-state index in [2.05, 4.69) is 34.9 Å². The van der Waals surface area contributed by atoms with Crippen LogP contribution in [0.4, 0.5) is 4.79 Å². The summed E-state index contributed by atoms with van der Waals surface area (Å²) in [4.78, 5) is 23.2. The molecule has 3 rings (SSSR count). The molecule has 5 nitrogen and oxygen atoms in total. The van der Waals surface area contributed by atoms with E-state index in [9.17, 15) is 9.59 Å². The summed E-state index contributed by atoms with van der Waals surface area (Å²) in [5.41, 5.74) is 3.48. The molecule has 0 aromatic heterocycles. The quantitative estimate of drug-likeness (QED) is 0.888. The van der Waals surface area contributed by atoms with Gasteiger partial charge >= 0.3 is 6.09 Å². The minimum absolute atomic E-state index is 0.215. The van der Waals surface area contributed by atoms with Crippen molar-refractivity contribution in [2.24, 2.45) is 0 Å². The zero-order chi connectivity index (χ0) is 16.9. The topological polar surface area (TPSA) is 67.4 Å². The van der Waals surface area contributed by atoms with Crippen LogP contribution in [0.2, 0.25) is 0 Å². The summed E-state index contributed by atoms with van der Waals surface area (Å²) in [5, 5.41) is 5.36. The summed E-state index contributed by atoms with van der Waals surface area (Å²) in [6, 6.07) is 17.8. The summed E-state index contributed by atoms with van der Waals surface area (Å²) in [6.45, 7) is 2.21. The Labute approximate surface area is 141 Å². The molecule has 0 spiro atoms. The van der Waals surface area contributed by atoms with Gasteiger partial charge in [-0.1, -0.05) is 54.6 Å². The predicted molar refractivity (Wildman–Crippen MR) is 91.5 cm³/mol. The molecule has 0 radical (unpaired) electrons. The highest BCUT2D eigenvalue weighted by Gasteiger charge is 2.35. The standard InChI is InChI=1S/C19H20N2O3/c1-13-17(21-19(23)24-13)18(22)20-11-10-14-6-5-9-16(12-14)15-7-3-2-4-8-15/h2-9,12-13,17H,10-11H2,1H3,(H,20,22)(H,21,23). The Balaban J connectivity index is 1.56. The van der Waals surface area contributed by atoms with Crippen LogP contribution in [-0.4, -0.2) is 30.7 Å². The second-order valence-electron chi connectivity index (χ2n) is 5.84. The minimum Gasteiger partial charge on any atom is -0.444 e. The van der Waals surface area contributed by atoms with E-state index in [1.165, 1.54) is 5.56 Å².